The van der Waals surface area contributed by atoms with E-state index in [1.54, 1.807) is 12.1 Å². The lowest BCUT2D eigenvalue weighted by Crippen LogP contribution is -1.66. The Bertz CT molecular complexity index is 389. The molecule has 0 aliphatic rings. The average molecular weight is 146 g/mol. The van der Waals surface area contributed by atoms with Crippen LogP contribution in [0.2, 0.25) is 0 Å². The van der Waals surface area contributed by atoms with Crippen molar-refractivity contribution >= 4 is 10.9 Å². The summed E-state index contributed by atoms with van der Waals surface area (Å²) in [4.78, 5) is 3.10. The summed E-state index contributed by atoms with van der Waals surface area (Å²) in [5.74, 6) is 0.0897. The Morgan fingerprint density at radius 2 is 2.18 bits per heavy atom. The number of fused-ring (bicyclic) bond motifs is 1. The second-order valence-corrected chi connectivity index (χ2v) is 2.67. The minimum Gasteiger partial charge on any atom is -0.359 e. The molecule has 0 atom stereocenters. The first-order chi connectivity index (χ1) is 5.27. The Kier molecular flexibility index (Phi) is 1.15. The van der Waals surface area contributed by atoms with Crippen LogP contribution in [0.5, 0.6) is 5.75 Å². The van der Waals surface area contributed by atoms with Crippen molar-refractivity contribution in [1.82, 2.24) is 4.98 Å². The third kappa shape index (κ3) is 0.871. The van der Waals surface area contributed by atoms with Gasteiger partial charge in [-0.3, -0.25) is 5.11 Å². The molecule has 1 N–H and O–H groups in total. The van der Waals surface area contributed by atoms with E-state index in [4.69, 9.17) is 0 Å². The van der Waals surface area contributed by atoms with Gasteiger partial charge in [-0.15, -0.1) is 0 Å². The Labute approximate surface area is 64.5 Å². The highest BCUT2D eigenvalue weighted by Gasteiger charge is 2.01. The maximum absolute atomic E-state index is 11.2. The van der Waals surface area contributed by atoms with Crippen molar-refractivity contribution in [1.29, 1.82) is 0 Å². The van der Waals surface area contributed by atoms with E-state index in [-0.39, 0.29) is 5.75 Å². The lowest BCUT2D eigenvalue weighted by Gasteiger charge is -1.87. The van der Waals surface area contributed by atoms with Crippen LogP contribution in [0.3, 0.4) is 0 Å². The number of aromatic nitrogens is 1. The fourth-order valence-corrected chi connectivity index (χ4v) is 1.27. The largest absolute Gasteiger partial charge is 0.359 e. The predicted octanol–water partition coefficient (Wildman–Crippen LogP) is 2.62. The molecule has 55 valence electrons. The molecule has 0 aliphatic carbocycles. The molecule has 11 heavy (non-hydrogen) atoms. The van der Waals surface area contributed by atoms with Crippen LogP contribution >= 0.6 is 0 Å². The summed E-state index contributed by atoms with van der Waals surface area (Å²) >= 11 is 0. The van der Waals surface area contributed by atoms with E-state index >= 15 is 0 Å². The third-order valence-electron chi connectivity index (χ3n) is 1.76. The quantitative estimate of drug-likeness (QED) is 0.593. The van der Waals surface area contributed by atoms with E-state index < -0.39 is 0 Å². The third-order valence-corrected chi connectivity index (χ3v) is 1.76. The normalized spacial score (nSPS) is 10.6. The number of benzene rings is 1. The molecule has 0 saturated heterocycles. The van der Waals surface area contributed by atoms with Gasteiger partial charge in [-0.05, 0) is 25.1 Å². The summed E-state index contributed by atoms with van der Waals surface area (Å²) in [6.07, 6.45) is 0. The van der Waals surface area contributed by atoms with Crippen molar-refractivity contribution in [2.75, 3.05) is 0 Å². The number of H-pyrrole nitrogens is 1. The van der Waals surface area contributed by atoms with E-state index in [1.165, 1.54) is 0 Å². The Balaban J connectivity index is 2.90. The highest BCUT2D eigenvalue weighted by Crippen LogP contribution is 2.24. The monoisotopic (exact) mass is 146 g/mol. The molecule has 2 rings (SSSR count). The molecule has 1 aromatic heterocycles. The lowest BCUT2D eigenvalue weighted by molar-refractivity contribution is 0.360. The van der Waals surface area contributed by atoms with Gasteiger partial charge in [0.1, 0.15) is 0 Å². The fourth-order valence-electron chi connectivity index (χ4n) is 1.27. The molecule has 0 fully saturated rings. The SMILES string of the molecule is Cc1cc2c([O])cccc2[nH]1. The van der Waals surface area contributed by atoms with E-state index in [1.807, 2.05) is 19.1 Å². The molecule has 2 nitrogen and oxygen atoms in total. The smallest absolute Gasteiger partial charge is 0.187 e. The number of hydrogen-bond acceptors (Lipinski definition) is 0. The van der Waals surface area contributed by atoms with Gasteiger partial charge in [0.15, 0.2) is 5.75 Å². The topological polar surface area (TPSA) is 35.7 Å². The molecule has 0 unspecified atom stereocenters. The summed E-state index contributed by atoms with van der Waals surface area (Å²) in [6.45, 7) is 1.94. The Hall–Kier alpha value is -1.44. The van der Waals surface area contributed by atoms with Gasteiger partial charge in [-0.25, -0.2) is 0 Å². The van der Waals surface area contributed by atoms with Crippen molar-refractivity contribution in [2.24, 2.45) is 0 Å². The molecule has 0 saturated carbocycles. The van der Waals surface area contributed by atoms with Gasteiger partial charge >= 0.3 is 0 Å². The number of aromatic amines is 1. The first-order valence-electron chi connectivity index (χ1n) is 3.53. The van der Waals surface area contributed by atoms with Gasteiger partial charge in [0.05, 0.1) is 0 Å². The minimum atomic E-state index is 0.0897. The standard InChI is InChI=1S/C9H8NO/c1-6-5-7-8(10-6)3-2-4-9(7)11/h2-5,10H,1H3. The minimum absolute atomic E-state index is 0.0897. The molecule has 1 radical (unpaired) electrons. The maximum atomic E-state index is 11.2. The van der Waals surface area contributed by atoms with Gasteiger partial charge in [0, 0.05) is 16.6 Å². The summed E-state index contributed by atoms with van der Waals surface area (Å²) in [5, 5.41) is 12.0. The first kappa shape index (κ1) is 6.28. The van der Waals surface area contributed by atoms with Gasteiger partial charge in [-0.1, -0.05) is 6.07 Å². The van der Waals surface area contributed by atoms with Crippen LogP contribution in [0.15, 0.2) is 24.3 Å². The second kappa shape index (κ2) is 2.02. The maximum Gasteiger partial charge on any atom is 0.187 e. The zero-order valence-corrected chi connectivity index (χ0v) is 6.22. The second-order valence-electron chi connectivity index (χ2n) is 2.67. The van der Waals surface area contributed by atoms with Crippen molar-refractivity contribution in [3.8, 4) is 5.75 Å². The Morgan fingerprint density at radius 1 is 1.36 bits per heavy atom. The number of rotatable bonds is 0. The summed E-state index contributed by atoms with van der Waals surface area (Å²) < 4.78 is 0. The zero-order chi connectivity index (χ0) is 7.84. The van der Waals surface area contributed by atoms with E-state index in [2.05, 4.69) is 4.98 Å². The van der Waals surface area contributed by atoms with E-state index in [0.717, 1.165) is 16.6 Å². The average Bonchev–Trinajstić information content (AvgIpc) is 2.31. The van der Waals surface area contributed by atoms with Crippen LogP contribution in [0.1, 0.15) is 5.69 Å². The fraction of sp³-hybridized carbons (Fsp3) is 0.111. The molecule has 0 spiro atoms. The molecule has 1 aromatic carbocycles. The van der Waals surface area contributed by atoms with E-state index in [0.29, 0.717) is 0 Å². The van der Waals surface area contributed by atoms with Crippen LogP contribution in [0.25, 0.3) is 10.9 Å². The van der Waals surface area contributed by atoms with Crippen molar-refractivity contribution in [3.63, 3.8) is 0 Å². The van der Waals surface area contributed by atoms with Crippen LogP contribution in [-0.2, 0) is 5.11 Å². The van der Waals surface area contributed by atoms with Crippen LogP contribution in [0, 0.1) is 6.92 Å². The number of hydrogen-bond donors (Lipinski definition) is 1. The highest BCUT2D eigenvalue weighted by molar-refractivity contribution is 5.86. The zero-order valence-electron chi connectivity index (χ0n) is 6.22. The van der Waals surface area contributed by atoms with Gasteiger partial charge in [0.2, 0.25) is 0 Å². The molecule has 0 bridgehead atoms. The lowest BCUT2D eigenvalue weighted by atomic mass is 10.2. The van der Waals surface area contributed by atoms with Gasteiger partial charge in [-0.2, -0.15) is 0 Å². The highest BCUT2D eigenvalue weighted by atomic mass is 16.3. The van der Waals surface area contributed by atoms with Gasteiger partial charge in [0.25, 0.3) is 0 Å². The number of aryl methyl sites for hydroxylation is 1. The van der Waals surface area contributed by atoms with Crippen LogP contribution in [-0.4, -0.2) is 4.98 Å². The van der Waals surface area contributed by atoms with Crippen LogP contribution < -0.4 is 0 Å². The molecule has 0 amide bonds. The molecular formula is C9H8NO. The summed E-state index contributed by atoms with van der Waals surface area (Å²) in [5.41, 5.74) is 1.96. The molecular weight excluding hydrogens is 138 g/mol. The van der Waals surface area contributed by atoms with Crippen LogP contribution in [0.4, 0.5) is 0 Å². The molecule has 2 heteroatoms. The van der Waals surface area contributed by atoms with Crippen molar-refractivity contribution in [3.05, 3.63) is 30.0 Å². The summed E-state index contributed by atoms with van der Waals surface area (Å²) in [7, 11) is 0. The summed E-state index contributed by atoms with van der Waals surface area (Å²) in [6, 6.07) is 7.12. The molecule has 2 aromatic rings. The van der Waals surface area contributed by atoms with Gasteiger partial charge < -0.3 is 4.98 Å². The Morgan fingerprint density at radius 3 is 2.91 bits per heavy atom. The molecule has 0 aliphatic heterocycles. The van der Waals surface area contributed by atoms with E-state index in [9.17, 15) is 5.11 Å². The number of nitrogens with one attached hydrogen (secondary N) is 1. The van der Waals surface area contributed by atoms with Crippen molar-refractivity contribution in [2.45, 2.75) is 6.92 Å². The molecule has 1 heterocycles. The van der Waals surface area contributed by atoms with Crippen molar-refractivity contribution < 1.29 is 5.11 Å². The predicted molar refractivity (Wildman–Crippen MR) is 43.2 cm³/mol. The first-order valence-corrected chi connectivity index (χ1v) is 3.53.